The lowest BCUT2D eigenvalue weighted by atomic mass is 9.97. The largest absolute Gasteiger partial charge is 0.361 e. The second-order valence-electron chi connectivity index (χ2n) is 4.38. The van der Waals surface area contributed by atoms with E-state index in [1.165, 1.54) is 6.07 Å². The van der Waals surface area contributed by atoms with Crippen molar-refractivity contribution in [1.82, 2.24) is 4.98 Å². The van der Waals surface area contributed by atoms with Crippen molar-refractivity contribution in [3.8, 4) is 0 Å². The number of rotatable bonds is 1. The van der Waals surface area contributed by atoms with Gasteiger partial charge in [-0.3, -0.25) is 4.79 Å². The van der Waals surface area contributed by atoms with Crippen molar-refractivity contribution in [3.05, 3.63) is 35.8 Å². The normalized spacial score (nSPS) is 20.8. The summed E-state index contributed by atoms with van der Waals surface area (Å²) in [5, 5.41) is 0.655. The van der Waals surface area contributed by atoms with Crippen molar-refractivity contribution in [2.75, 3.05) is 0 Å². The summed E-state index contributed by atoms with van der Waals surface area (Å²) < 4.78 is 13.7. The fourth-order valence-electron chi connectivity index (χ4n) is 2.57. The van der Waals surface area contributed by atoms with Gasteiger partial charge in [0.2, 0.25) is 0 Å². The van der Waals surface area contributed by atoms with E-state index in [0.717, 1.165) is 17.5 Å². The molecular weight excluding hydrogens is 205 g/mol. The first-order valence-electron chi connectivity index (χ1n) is 5.53. The van der Waals surface area contributed by atoms with Crippen LogP contribution in [0.5, 0.6) is 0 Å². The van der Waals surface area contributed by atoms with Crippen LogP contribution < -0.4 is 0 Å². The van der Waals surface area contributed by atoms with Crippen LogP contribution in [-0.2, 0) is 4.79 Å². The molecule has 0 spiro atoms. The molecule has 3 heteroatoms. The van der Waals surface area contributed by atoms with E-state index in [-0.39, 0.29) is 17.5 Å². The molecule has 2 aromatic rings. The Kier molecular flexibility index (Phi) is 2.06. The van der Waals surface area contributed by atoms with E-state index < -0.39 is 0 Å². The molecule has 1 saturated carbocycles. The van der Waals surface area contributed by atoms with Crippen LogP contribution in [0.3, 0.4) is 0 Å². The van der Waals surface area contributed by atoms with Gasteiger partial charge in [0.05, 0.1) is 0 Å². The lowest BCUT2D eigenvalue weighted by Gasteiger charge is -2.06. The molecule has 1 aromatic carbocycles. The van der Waals surface area contributed by atoms with Gasteiger partial charge in [0.25, 0.3) is 0 Å². The van der Waals surface area contributed by atoms with Gasteiger partial charge < -0.3 is 4.98 Å². The molecule has 82 valence electrons. The third-order valence-electron chi connectivity index (χ3n) is 3.37. The van der Waals surface area contributed by atoms with Gasteiger partial charge in [0.1, 0.15) is 11.6 Å². The summed E-state index contributed by atoms with van der Waals surface area (Å²) in [6, 6.07) is 5.02. The highest BCUT2D eigenvalue weighted by molar-refractivity contribution is 5.87. The van der Waals surface area contributed by atoms with Crippen molar-refractivity contribution >= 4 is 16.7 Å². The minimum absolute atomic E-state index is 0.193. The average molecular weight is 217 g/mol. The van der Waals surface area contributed by atoms with E-state index in [1.54, 1.807) is 6.07 Å². The molecule has 1 heterocycles. The second kappa shape index (κ2) is 3.44. The van der Waals surface area contributed by atoms with Crippen molar-refractivity contribution in [1.29, 1.82) is 0 Å². The van der Waals surface area contributed by atoms with Crippen LogP contribution in [0.2, 0.25) is 0 Å². The SMILES string of the molecule is O=C1CCC(c2c[nH]c3cccc(F)c23)C1. The molecule has 2 nitrogen and oxygen atoms in total. The highest BCUT2D eigenvalue weighted by Gasteiger charge is 2.26. The molecule has 1 aromatic heterocycles. The monoisotopic (exact) mass is 217 g/mol. The number of benzene rings is 1. The van der Waals surface area contributed by atoms with Crippen LogP contribution in [0.15, 0.2) is 24.4 Å². The van der Waals surface area contributed by atoms with E-state index in [9.17, 15) is 9.18 Å². The second-order valence-corrected chi connectivity index (χ2v) is 4.38. The number of aromatic amines is 1. The maximum atomic E-state index is 13.7. The van der Waals surface area contributed by atoms with Crippen molar-refractivity contribution in [2.24, 2.45) is 0 Å². The van der Waals surface area contributed by atoms with E-state index in [0.29, 0.717) is 18.2 Å². The minimum atomic E-state index is -0.201. The maximum Gasteiger partial charge on any atom is 0.133 e. The first-order valence-corrected chi connectivity index (χ1v) is 5.53. The predicted octanol–water partition coefficient (Wildman–Crippen LogP) is 3.14. The molecule has 1 N–H and O–H groups in total. The summed E-state index contributed by atoms with van der Waals surface area (Å²) >= 11 is 0. The van der Waals surface area contributed by atoms with Gasteiger partial charge in [-0.25, -0.2) is 4.39 Å². The van der Waals surface area contributed by atoms with Crippen LogP contribution >= 0.6 is 0 Å². The van der Waals surface area contributed by atoms with Crippen LogP contribution in [0.25, 0.3) is 10.9 Å². The number of carbonyl (C=O) groups excluding carboxylic acids is 1. The summed E-state index contributed by atoms with van der Waals surface area (Å²) in [4.78, 5) is 14.3. The number of ketones is 1. The van der Waals surface area contributed by atoms with Gasteiger partial charge in [-0.05, 0) is 30.0 Å². The molecule has 0 amide bonds. The Balaban J connectivity index is 2.13. The van der Waals surface area contributed by atoms with Crippen molar-refractivity contribution < 1.29 is 9.18 Å². The maximum absolute atomic E-state index is 13.7. The molecule has 1 atom stereocenters. The van der Waals surface area contributed by atoms with E-state index >= 15 is 0 Å². The summed E-state index contributed by atoms with van der Waals surface area (Å²) in [6.45, 7) is 0. The van der Waals surface area contributed by atoms with E-state index in [2.05, 4.69) is 4.98 Å². The number of hydrogen-bond donors (Lipinski definition) is 1. The molecule has 0 radical (unpaired) electrons. The van der Waals surface area contributed by atoms with Crippen molar-refractivity contribution in [3.63, 3.8) is 0 Å². The molecule has 0 aliphatic heterocycles. The molecule has 1 unspecified atom stereocenters. The summed E-state index contributed by atoms with van der Waals surface area (Å²) in [7, 11) is 0. The Labute approximate surface area is 92.5 Å². The minimum Gasteiger partial charge on any atom is -0.361 e. The Hall–Kier alpha value is -1.64. The molecular formula is C13H12FNO. The summed E-state index contributed by atoms with van der Waals surface area (Å²) in [5.41, 5.74) is 1.77. The number of Topliss-reactive ketones (excluding diaryl/α,β-unsaturated/α-hetero) is 1. The summed E-state index contributed by atoms with van der Waals surface area (Å²) in [6.07, 6.45) is 3.88. The zero-order valence-electron chi connectivity index (χ0n) is 8.79. The number of fused-ring (bicyclic) bond motifs is 1. The molecule has 1 fully saturated rings. The van der Waals surface area contributed by atoms with Crippen molar-refractivity contribution in [2.45, 2.75) is 25.2 Å². The number of hydrogen-bond acceptors (Lipinski definition) is 1. The van der Waals surface area contributed by atoms with Crippen LogP contribution in [0.4, 0.5) is 4.39 Å². The zero-order valence-corrected chi connectivity index (χ0v) is 8.79. The van der Waals surface area contributed by atoms with Crippen LogP contribution in [0.1, 0.15) is 30.7 Å². The third kappa shape index (κ3) is 1.35. The molecule has 0 saturated heterocycles. The van der Waals surface area contributed by atoms with Crippen LogP contribution in [-0.4, -0.2) is 10.8 Å². The molecule has 1 aliphatic rings. The fraction of sp³-hybridized carbons (Fsp3) is 0.308. The average Bonchev–Trinajstić information content (AvgIpc) is 2.84. The highest BCUT2D eigenvalue weighted by atomic mass is 19.1. The number of halogens is 1. The van der Waals surface area contributed by atoms with Crippen LogP contribution in [0, 0.1) is 5.82 Å². The molecule has 3 rings (SSSR count). The van der Waals surface area contributed by atoms with E-state index in [1.807, 2.05) is 12.3 Å². The zero-order chi connectivity index (χ0) is 11.1. The first kappa shape index (κ1) is 9.58. The summed E-state index contributed by atoms with van der Waals surface area (Å²) in [5.74, 6) is 0.280. The topological polar surface area (TPSA) is 32.9 Å². The number of nitrogens with one attached hydrogen (secondary N) is 1. The van der Waals surface area contributed by atoms with Gasteiger partial charge >= 0.3 is 0 Å². The van der Waals surface area contributed by atoms with Gasteiger partial charge in [0, 0.05) is 29.9 Å². The predicted molar refractivity (Wildman–Crippen MR) is 59.9 cm³/mol. The lowest BCUT2D eigenvalue weighted by molar-refractivity contribution is -0.117. The Morgan fingerprint density at radius 1 is 1.38 bits per heavy atom. The number of carbonyl (C=O) groups is 1. The molecule has 1 aliphatic carbocycles. The van der Waals surface area contributed by atoms with Gasteiger partial charge in [-0.1, -0.05) is 6.07 Å². The standard InChI is InChI=1S/C13H12FNO/c14-11-2-1-3-12-13(11)10(7-15-12)8-4-5-9(16)6-8/h1-3,7-8,15H,4-6H2. The molecule has 16 heavy (non-hydrogen) atoms. The number of aromatic nitrogens is 1. The van der Waals surface area contributed by atoms with Gasteiger partial charge in [0.15, 0.2) is 0 Å². The Bertz CT molecular complexity index is 558. The fourth-order valence-corrected chi connectivity index (χ4v) is 2.57. The Morgan fingerprint density at radius 3 is 3.00 bits per heavy atom. The lowest BCUT2D eigenvalue weighted by Crippen LogP contribution is -1.93. The quantitative estimate of drug-likeness (QED) is 0.782. The number of H-pyrrole nitrogens is 1. The first-order chi connectivity index (χ1) is 7.75. The Morgan fingerprint density at radius 2 is 2.25 bits per heavy atom. The third-order valence-corrected chi connectivity index (χ3v) is 3.37. The van der Waals surface area contributed by atoms with Gasteiger partial charge in [-0.2, -0.15) is 0 Å². The molecule has 0 bridgehead atoms. The highest BCUT2D eigenvalue weighted by Crippen LogP contribution is 2.36. The van der Waals surface area contributed by atoms with E-state index in [4.69, 9.17) is 0 Å². The van der Waals surface area contributed by atoms with Gasteiger partial charge in [-0.15, -0.1) is 0 Å². The smallest absolute Gasteiger partial charge is 0.133 e.